The van der Waals surface area contributed by atoms with E-state index in [2.05, 4.69) is 15.0 Å². The zero-order valence-corrected chi connectivity index (χ0v) is 47.7. The molecule has 2 saturated heterocycles. The average molecular weight is 1200 g/mol. The van der Waals surface area contributed by atoms with Crippen molar-refractivity contribution in [3.05, 3.63) is 106 Å². The second kappa shape index (κ2) is 26.3. The number of aromatic amines is 1. The van der Waals surface area contributed by atoms with Crippen molar-refractivity contribution in [2.45, 2.75) is 192 Å². The third-order valence-electron chi connectivity index (χ3n) is 13.9. The molecule has 2 aliphatic rings. The smallest absolute Gasteiger partial charge is 0.416 e. The molecule has 462 valence electrons. The van der Waals surface area contributed by atoms with Gasteiger partial charge in [-0.3, -0.25) is 0 Å². The topological polar surface area (TPSA) is 165 Å². The number of ether oxygens (including phenoxy) is 4. The minimum absolute atomic E-state index is 0.0395. The average Bonchev–Trinajstić information content (AvgIpc) is 4.05. The summed E-state index contributed by atoms with van der Waals surface area (Å²) in [6.45, 7) is 12.9. The normalized spacial score (nSPS) is 20.0. The van der Waals surface area contributed by atoms with E-state index in [0.29, 0.717) is 48.8 Å². The number of hydrogen-bond donors (Lipinski definition) is 1. The highest BCUT2D eigenvalue weighted by atomic mass is 19.4. The van der Waals surface area contributed by atoms with E-state index >= 15 is 0 Å². The predicted octanol–water partition coefficient (Wildman–Crippen LogP) is 13.6. The standard InChI is InChI=1S/C28H36F6N4O4.C27H34F6N4O4/c1-7-20-13-21(14-22(15-23-35-8-9-36(23)5)38(20)25(40)42-26(2,3)4)37(24(39)41-6)16-17-10-18(27(29,30)31)12-19(11-17)28(32,33)34;1-6-19-12-20(13-21(14-22-34-7-8-35-22)37(19)24(39)41-25(2,3)4)36(23(38)40-5)15-16-9-17(26(28,29)30)11-18(10-16)27(31,32)33/h8-12,20-22H,7,13-16H2,1-6H3;7-11,19-21H,6,12-15H2,1-5H3,(H,34,35)/t20-,21+,22-;19-,20+,21-/m11/s1. The van der Waals surface area contributed by atoms with E-state index in [0.717, 1.165) is 24.0 Å². The van der Waals surface area contributed by atoms with Crippen molar-refractivity contribution < 1.29 is 90.8 Å². The van der Waals surface area contributed by atoms with Crippen molar-refractivity contribution in [1.82, 2.24) is 39.1 Å². The zero-order valence-electron chi connectivity index (χ0n) is 47.7. The monoisotopic (exact) mass is 1200 g/mol. The number of nitrogens with one attached hydrogen (secondary N) is 1. The molecule has 2 fully saturated rings. The van der Waals surface area contributed by atoms with Gasteiger partial charge >= 0.3 is 49.1 Å². The van der Waals surface area contributed by atoms with E-state index in [9.17, 15) is 71.9 Å². The molecular formula is C55H70F12N8O8. The van der Waals surface area contributed by atoms with Gasteiger partial charge < -0.3 is 48.1 Å². The Morgan fingerprint density at radius 1 is 0.554 bits per heavy atom. The summed E-state index contributed by atoms with van der Waals surface area (Å²) < 4.78 is 185. The lowest BCUT2D eigenvalue weighted by molar-refractivity contribution is -0.144. The van der Waals surface area contributed by atoms with E-state index in [1.165, 1.54) is 6.20 Å². The van der Waals surface area contributed by atoms with Crippen molar-refractivity contribution in [3.8, 4) is 0 Å². The third kappa shape index (κ3) is 18.3. The number of halogens is 12. The first-order valence-electron chi connectivity index (χ1n) is 26.5. The number of imidazole rings is 2. The second-order valence-corrected chi connectivity index (χ2v) is 22.4. The number of amides is 4. The van der Waals surface area contributed by atoms with Crippen LogP contribution in [0.15, 0.2) is 61.2 Å². The van der Waals surface area contributed by atoms with Gasteiger partial charge in [0.2, 0.25) is 0 Å². The van der Waals surface area contributed by atoms with E-state index in [-0.39, 0.29) is 61.8 Å². The molecule has 0 saturated carbocycles. The number of methoxy groups -OCH3 is 2. The van der Waals surface area contributed by atoms with Crippen LogP contribution in [0.3, 0.4) is 0 Å². The summed E-state index contributed by atoms with van der Waals surface area (Å²) in [5.74, 6) is 1.19. The quantitative estimate of drug-likeness (QED) is 0.107. The van der Waals surface area contributed by atoms with E-state index in [1.807, 2.05) is 13.8 Å². The van der Waals surface area contributed by atoms with E-state index in [1.54, 1.807) is 81.5 Å². The summed E-state index contributed by atoms with van der Waals surface area (Å²) >= 11 is 0. The summed E-state index contributed by atoms with van der Waals surface area (Å²) in [7, 11) is 3.95. The second-order valence-electron chi connectivity index (χ2n) is 22.4. The molecular weight excluding hydrogens is 1130 g/mol. The first kappa shape index (κ1) is 66.9. The molecule has 0 radical (unpaired) electrons. The van der Waals surface area contributed by atoms with Gasteiger partial charge in [0.25, 0.3) is 0 Å². The van der Waals surface area contributed by atoms with E-state index < -0.39 is 132 Å². The third-order valence-corrected chi connectivity index (χ3v) is 13.9. The van der Waals surface area contributed by atoms with Gasteiger partial charge in [0.1, 0.15) is 22.9 Å². The Morgan fingerprint density at radius 3 is 1.20 bits per heavy atom. The van der Waals surface area contributed by atoms with Crippen LogP contribution in [0, 0.1) is 0 Å². The summed E-state index contributed by atoms with van der Waals surface area (Å²) in [4.78, 5) is 69.6. The summed E-state index contributed by atoms with van der Waals surface area (Å²) in [6, 6.07) is -0.913. The van der Waals surface area contributed by atoms with Crippen LogP contribution in [0.2, 0.25) is 0 Å². The van der Waals surface area contributed by atoms with Crippen LogP contribution in [-0.2, 0) is 76.6 Å². The zero-order chi connectivity index (χ0) is 62.4. The predicted molar refractivity (Wildman–Crippen MR) is 276 cm³/mol. The van der Waals surface area contributed by atoms with Gasteiger partial charge in [0, 0.05) is 94.0 Å². The molecule has 1 N–H and O–H groups in total. The minimum atomic E-state index is -5.04. The molecule has 2 aromatic heterocycles. The number of carbonyl (C=O) groups is 4. The van der Waals surface area contributed by atoms with Crippen molar-refractivity contribution >= 4 is 24.4 Å². The van der Waals surface area contributed by atoms with Gasteiger partial charge in [-0.05, 0) is 128 Å². The number of rotatable bonds is 12. The fourth-order valence-corrected chi connectivity index (χ4v) is 10.3. The Kier molecular flexibility index (Phi) is 21.2. The number of aromatic nitrogens is 4. The first-order chi connectivity index (χ1) is 38.3. The number of hydrogen-bond acceptors (Lipinski definition) is 10. The summed E-state index contributed by atoms with van der Waals surface area (Å²) in [5.41, 5.74) is -8.21. The maximum Gasteiger partial charge on any atom is 0.416 e. The van der Waals surface area contributed by atoms with Crippen LogP contribution in [0.4, 0.5) is 71.9 Å². The van der Waals surface area contributed by atoms with Gasteiger partial charge in [0.15, 0.2) is 0 Å². The van der Waals surface area contributed by atoms with Crippen molar-refractivity contribution in [2.75, 3.05) is 14.2 Å². The number of carbonyl (C=O) groups excluding carboxylic acids is 4. The van der Waals surface area contributed by atoms with Gasteiger partial charge in [-0.1, -0.05) is 13.8 Å². The molecule has 2 aliphatic heterocycles. The molecule has 6 rings (SSSR count). The molecule has 4 aromatic rings. The Labute approximate surface area is 472 Å². The summed E-state index contributed by atoms with van der Waals surface area (Å²) in [5, 5.41) is 0. The van der Waals surface area contributed by atoms with Gasteiger partial charge in [0.05, 0.1) is 36.5 Å². The number of alkyl halides is 12. The van der Waals surface area contributed by atoms with Gasteiger partial charge in [-0.15, -0.1) is 0 Å². The molecule has 0 unspecified atom stereocenters. The number of likely N-dealkylation sites (tertiary alicyclic amines) is 2. The maximum absolute atomic E-state index is 13.5. The highest BCUT2D eigenvalue weighted by molar-refractivity contribution is 5.71. The highest BCUT2D eigenvalue weighted by Crippen LogP contribution is 2.41. The Morgan fingerprint density at radius 2 is 0.916 bits per heavy atom. The molecule has 83 heavy (non-hydrogen) atoms. The van der Waals surface area contributed by atoms with Crippen LogP contribution < -0.4 is 0 Å². The number of piperidine rings is 2. The molecule has 4 heterocycles. The van der Waals surface area contributed by atoms with Crippen LogP contribution in [0.25, 0.3) is 0 Å². The minimum Gasteiger partial charge on any atom is -0.453 e. The van der Waals surface area contributed by atoms with Crippen LogP contribution in [0.1, 0.15) is 139 Å². The van der Waals surface area contributed by atoms with Crippen molar-refractivity contribution in [1.29, 1.82) is 0 Å². The Balaban J connectivity index is 0.000000304. The molecule has 2 aromatic carbocycles. The lowest BCUT2D eigenvalue weighted by Gasteiger charge is -2.47. The molecule has 0 aliphatic carbocycles. The van der Waals surface area contributed by atoms with Crippen molar-refractivity contribution in [2.24, 2.45) is 7.05 Å². The molecule has 0 bridgehead atoms. The fraction of sp³-hybridized carbons (Fsp3) is 0.600. The van der Waals surface area contributed by atoms with E-state index in [4.69, 9.17) is 18.9 Å². The number of aryl methyl sites for hydroxylation is 1. The number of nitrogens with zero attached hydrogens (tertiary/aromatic N) is 7. The number of benzene rings is 2. The molecule has 28 heteroatoms. The number of H-pyrrole nitrogens is 1. The van der Waals surface area contributed by atoms with Crippen LogP contribution in [-0.4, -0.2) is 125 Å². The van der Waals surface area contributed by atoms with Crippen LogP contribution in [0.5, 0.6) is 0 Å². The largest absolute Gasteiger partial charge is 0.453 e. The molecule has 0 spiro atoms. The summed E-state index contributed by atoms with van der Waals surface area (Å²) in [6.07, 6.45) is -14.5. The van der Waals surface area contributed by atoms with Crippen LogP contribution >= 0.6 is 0 Å². The van der Waals surface area contributed by atoms with Gasteiger partial charge in [-0.2, -0.15) is 52.7 Å². The van der Waals surface area contributed by atoms with Gasteiger partial charge in [-0.25, -0.2) is 29.1 Å². The Hall–Kier alpha value is -6.90. The maximum atomic E-state index is 13.5. The lowest BCUT2D eigenvalue weighted by atomic mass is 9.87. The fourth-order valence-electron chi connectivity index (χ4n) is 10.3. The molecule has 4 amide bonds. The first-order valence-corrected chi connectivity index (χ1v) is 26.5. The SMILES string of the molecule is CC[C@@H]1C[C@H](N(Cc2cc(C(F)(F)F)cc(C(F)(F)F)c2)C(=O)OC)C[C@H](Cc2ncc[nH]2)N1C(=O)OC(C)(C)C.CC[C@@H]1C[C@H](N(Cc2cc(C(F)(F)F)cc(C(F)(F)F)c2)C(=O)OC)C[C@H](Cc2nccn2C)N1C(=O)OC(C)(C)C. The molecule has 16 nitrogen and oxygen atoms in total. The molecule has 6 atom stereocenters. The highest BCUT2D eigenvalue weighted by Gasteiger charge is 2.46. The Bertz CT molecular complexity index is 2760. The lowest BCUT2D eigenvalue weighted by Crippen LogP contribution is -2.59. The van der Waals surface area contributed by atoms with Crippen molar-refractivity contribution in [3.63, 3.8) is 0 Å².